The van der Waals surface area contributed by atoms with Crippen LogP contribution in [0.1, 0.15) is 22.8 Å². The van der Waals surface area contributed by atoms with Gasteiger partial charge in [-0.1, -0.05) is 29.8 Å². The average Bonchev–Trinajstić information content (AvgIpc) is 2.84. The van der Waals surface area contributed by atoms with E-state index in [4.69, 9.17) is 22.1 Å². The van der Waals surface area contributed by atoms with Crippen LogP contribution in [0, 0.1) is 5.82 Å². The Morgan fingerprint density at radius 2 is 1.71 bits per heavy atom. The van der Waals surface area contributed by atoms with E-state index in [2.05, 4.69) is 4.98 Å². The number of carbonyl (C=O) groups excluding carboxylic acids is 2. The Balaban J connectivity index is 1.44. The Morgan fingerprint density at radius 1 is 1.03 bits per heavy atom. The Morgan fingerprint density at radius 3 is 2.35 bits per heavy atom. The molecule has 0 bridgehead atoms. The van der Waals surface area contributed by atoms with Gasteiger partial charge in [-0.2, -0.15) is 0 Å². The number of hydrogen-bond donors (Lipinski definition) is 1. The number of nitrogens with zero attached hydrogens (tertiary/aromatic N) is 3. The van der Waals surface area contributed by atoms with Crippen LogP contribution in [0.2, 0.25) is 5.02 Å². The highest BCUT2D eigenvalue weighted by Gasteiger charge is 2.23. The van der Waals surface area contributed by atoms with Gasteiger partial charge in [-0.05, 0) is 35.9 Å². The quantitative estimate of drug-likeness (QED) is 0.593. The summed E-state index contributed by atoms with van der Waals surface area (Å²) in [5.41, 5.74) is 8.77. The third kappa shape index (κ3) is 5.28. The van der Waals surface area contributed by atoms with Crippen LogP contribution in [0.15, 0.2) is 54.7 Å². The average molecular weight is 483 g/mol. The van der Waals surface area contributed by atoms with Gasteiger partial charge < -0.3 is 20.3 Å². The lowest BCUT2D eigenvalue weighted by molar-refractivity contribution is -0.130. The number of piperazine rings is 1. The van der Waals surface area contributed by atoms with Crippen LogP contribution in [0.5, 0.6) is 5.75 Å². The Kier molecular flexibility index (Phi) is 6.98. The second-order valence-electron chi connectivity index (χ2n) is 8.01. The Hall–Kier alpha value is -3.65. The molecule has 0 unspecified atom stereocenters. The molecule has 34 heavy (non-hydrogen) atoms. The monoisotopic (exact) mass is 482 g/mol. The van der Waals surface area contributed by atoms with Gasteiger partial charge in [-0.15, -0.1) is 0 Å². The van der Waals surface area contributed by atoms with Gasteiger partial charge in [0.05, 0.1) is 5.02 Å². The van der Waals surface area contributed by atoms with Crippen molar-refractivity contribution >= 4 is 29.2 Å². The van der Waals surface area contributed by atoms with Crippen LogP contribution in [-0.4, -0.2) is 52.8 Å². The fraction of sp³-hybridized carbons (Fsp3) is 0.240. The number of halogens is 2. The second-order valence-corrected chi connectivity index (χ2v) is 8.41. The number of nitrogens with two attached hydrogens (primary N) is 1. The van der Waals surface area contributed by atoms with Crippen LogP contribution in [0.4, 0.5) is 10.2 Å². The van der Waals surface area contributed by atoms with Crippen molar-refractivity contribution in [2.45, 2.75) is 13.5 Å². The van der Waals surface area contributed by atoms with Crippen LogP contribution in [0.3, 0.4) is 0 Å². The summed E-state index contributed by atoms with van der Waals surface area (Å²) in [4.78, 5) is 32.0. The third-order valence-electron chi connectivity index (χ3n) is 5.76. The molecule has 0 radical (unpaired) electrons. The fourth-order valence-corrected chi connectivity index (χ4v) is 3.96. The molecule has 0 spiro atoms. The van der Waals surface area contributed by atoms with E-state index in [1.807, 2.05) is 12.1 Å². The normalized spacial score (nSPS) is 13.6. The molecule has 0 atom stereocenters. The van der Waals surface area contributed by atoms with Crippen molar-refractivity contribution in [1.82, 2.24) is 14.8 Å². The lowest BCUT2D eigenvalue weighted by Crippen LogP contribution is -2.50. The van der Waals surface area contributed by atoms with E-state index >= 15 is 0 Å². The summed E-state index contributed by atoms with van der Waals surface area (Å²) in [7, 11) is 0. The van der Waals surface area contributed by atoms with Crippen LogP contribution in [-0.2, 0) is 11.4 Å². The molecule has 2 N–H and O–H groups in total. The molecule has 2 aromatic carbocycles. The van der Waals surface area contributed by atoms with Gasteiger partial charge in [0.15, 0.2) is 11.6 Å². The highest BCUT2D eigenvalue weighted by molar-refractivity contribution is 6.31. The first kappa shape index (κ1) is 23.5. The highest BCUT2D eigenvalue weighted by atomic mass is 35.5. The molecule has 7 nitrogen and oxygen atoms in total. The fourth-order valence-electron chi connectivity index (χ4n) is 3.74. The molecule has 0 saturated carbocycles. The van der Waals surface area contributed by atoms with Gasteiger partial charge in [0.2, 0.25) is 5.91 Å². The molecule has 2 heterocycles. The largest absolute Gasteiger partial charge is 0.485 e. The lowest BCUT2D eigenvalue weighted by Gasteiger charge is -2.34. The number of benzene rings is 2. The molecule has 1 aliphatic rings. The number of hydrogen-bond acceptors (Lipinski definition) is 5. The number of aromatic nitrogens is 1. The number of carbonyl (C=O) groups is 2. The van der Waals surface area contributed by atoms with Gasteiger partial charge in [0.25, 0.3) is 5.91 Å². The first-order chi connectivity index (χ1) is 16.3. The number of anilines is 1. The predicted octanol–water partition coefficient (Wildman–Crippen LogP) is 4.01. The van der Waals surface area contributed by atoms with Gasteiger partial charge >= 0.3 is 0 Å². The summed E-state index contributed by atoms with van der Waals surface area (Å²) in [6, 6.07) is 13.1. The number of pyridine rings is 1. The molecule has 9 heteroatoms. The Bertz CT molecular complexity index is 1210. The maximum absolute atomic E-state index is 13.3. The van der Waals surface area contributed by atoms with E-state index < -0.39 is 5.82 Å². The maximum Gasteiger partial charge on any atom is 0.253 e. The summed E-state index contributed by atoms with van der Waals surface area (Å²) in [5, 5.41) is 0.269. The Labute approximate surface area is 201 Å². The summed E-state index contributed by atoms with van der Waals surface area (Å²) in [6.45, 7) is 3.77. The van der Waals surface area contributed by atoms with E-state index in [1.165, 1.54) is 19.1 Å². The van der Waals surface area contributed by atoms with Crippen molar-refractivity contribution in [1.29, 1.82) is 0 Å². The molecule has 1 aromatic heterocycles. The zero-order valence-electron chi connectivity index (χ0n) is 18.6. The van der Waals surface area contributed by atoms with Gasteiger partial charge in [-0.3, -0.25) is 9.59 Å². The summed E-state index contributed by atoms with van der Waals surface area (Å²) < 4.78 is 19.0. The maximum atomic E-state index is 13.3. The van der Waals surface area contributed by atoms with Gasteiger partial charge in [-0.25, -0.2) is 9.37 Å². The number of amides is 2. The van der Waals surface area contributed by atoms with Crippen LogP contribution in [0.25, 0.3) is 11.1 Å². The summed E-state index contributed by atoms with van der Waals surface area (Å²) >= 11 is 6.06. The van der Waals surface area contributed by atoms with E-state index in [9.17, 15) is 14.0 Å². The standard InChI is InChI=1S/C25H24ClFN4O3/c1-16(32)30-8-10-31(11-9-30)25(33)18-4-2-17(3-5-18)20-12-23(24(28)29-14-20)34-15-19-6-7-21(27)13-22(19)26/h2-7,12-14H,8-11,15H2,1H3,(H2,28,29). The molecular formula is C25H24ClFN4O3. The van der Waals surface area contributed by atoms with E-state index in [-0.39, 0.29) is 29.3 Å². The number of ether oxygens (including phenoxy) is 1. The predicted molar refractivity (Wildman–Crippen MR) is 128 cm³/mol. The van der Waals surface area contributed by atoms with E-state index in [1.54, 1.807) is 40.3 Å². The van der Waals surface area contributed by atoms with Crippen molar-refractivity contribution in [2.75, 3.05) is 31.9 Å². The zero-order chi connectivity index (χ0) is 24.2. The number of nitrogen functional groups attached to an aromatic ring is 1. The molecule has 1 fully saturated rings. The summed E-state index contributed by atoms with van der Waals surface area (Å²) in [6.07, 6.45) is 1.63. The second kappa shape index (κ2) is 10.1. The zero-order valence-corrected chi connectivity index (χ0v) is 19.4. The van der Waals surface area contributed by atoms with Crippen molar-refractivity contribution in [2.24, 2.45) is 0 Å². The van der Waals surface area contributed by atoms with Gasteiger partial charge in [0, 0.05) is 56.0 Å². The first-order valence-corrected chi connectivity index (χ1v) is 11.2. The highest BCUT2D eigenvalue weighted by Crippen LogP contribution is 2.29. The minimum absolute atomic E-state index is 0.0256. The summed E-state index contributed by atoms with van der Waals surface area (Å²) in [5.74, 6) is 0.139. The van der Waals surface area contributed by atoms with Crippen molar-refractivity contribution in [3.05, 3.63) is 76.7 Å². The molecule has 4 rings (SSSR count). The smallest absolute Gasteiger partial charge is 0.253 e. The minimum atomic E-state index is -0.419. The molecule has 3 aromatic rings. The van der Waals surface area contributed by atoms with E-state index in [0.717, 1.165) is 11.1 Å². The van der Waals surface area contributed by atoms with Crippen molar-refractivity contribution in [3.8, 4) is 16.9 Å². The SMILES string of the molecule is CC(=O)N1CCN(C(=O)c2ccc(-c3cnc(N)c(OCc4ccc(F)cc4Cl)c3)cc2)CC1. The van der Waals surface area contributed by atoms with Crippen LogP contribution >= 0.6 is 11.6 Å². The molecule has 2 amide bonds. The molecule has 1 aliphatic heterocycles. The first-order valence-electron chi connectivity index (χ1n) is 10.8. The van der Waals surface area contributed by atoms with E-state index in [0.29, 0.717) is 43.1 Å². The lowest BCUT2D eigenvalue weighted by atomic mass is 10.0. The molecule has 0 aliphatic carbocycles. The van der Waals surface area contributed by atoms with Gasteiger partial charge in [0.1, 0.15) is 12.4 Å². The molecule has 1 saturated heterocycles. The molecular weight excluding hydrogens is 459 g/mol. The topological polar surface area (TPSA) is 88.8 Å². The van der Waals surface area contributed by atoms with Crippen molar-refractivity contribution < 1.29 is 18.7 Å². The molecule has 176 valence electrons. The minimum Gasteiger partial charge on any atom is -0.485 e. The van der Waals surface area contributed by atoms with Crippen molar-refractivity contribution in [3.63, 3.8) is 0 Å². The third-order valence-corrected chi connectivity index (χ3v) is 6.11. The van der Waals surface area contributed by atoms with Crippen LogP contribution < -0.4 is 10.5 Å². The number of rotatable bonds is 5.